The molecule has 1 aromatic rings. The van der Waals surface area contributed by atoms with E-state index in [9.17, 15) is 4.79 Å². The molecule has 0 unspecified atom stereocenters. The van der Waals surface area contributed by atoms with Crippen molar-refractivity contribution in [1.29, 1.82) is 5.26 Å². The monoisotopic (exact) mass is 266 g/mol. The number of halogens is 1. The van der Waals surface area contributed by atoms with Gasteiger partial charge in [0.05, 0.1) is 28.9 Å². The van der Waals surface area contributed by atoms with Crippen LogP contribution >= 0.6 is 11.6 Å². The number of benzene rings is 1. The summed E-state index contributed by atoms with van der Waals surface area (Å²) in [7, 11) is 0. The van der Waals surface area contributed by atoms with E-state index in [1.165, 1.54) is 0 Å². The molecule has 0 aliphatic carbocycles. The van der Waals surface area contributed by atoms with Gasteiger partial charge in [-0.1, -0.05) is 24.9 Å². The molecule has 0 fully saturated rings. The first-order chi connectivity index (χ1) is 8.67. The van der Waals surface area contributed by atoms with Crippen molar-refractivity contribution in [1.82, 2.24) is 0 Å². The summed E-state index contributed by atoms with van der Waals surface area (Å²) < 4.78 is 4.99. The van der Waals surface area contributed by atoms with Crippen molar-refractivity contribution in [2.45, 2.75) is 19.8 Å². The summed E-state index contributed by atoms with van der Waals surface area (Å²) in [5.41, 5.74) is 1.05. The number of rotatable bonds is 6. The van der Waals surface area contributed by atoms with Crippen LogP contribution in [0.3, 0.4) is 0 Å². The molecule has 0 aliphatic heterocycles. The van der Waals surface area contributed by atoms with Gasteiger partial charge in [0.1, 0.15) is 6.54 Å². The van der Waals surface area contributed by atoms with Crippen LogP contribution in [0.1, 0.15) is 25.3 Å². The second-order valence-electron chi connectivity index (χ2n) is 3.73. The Labute approximate surface area is 112 Å². The van der Waals surface area contributed by atoms with Gasteiger partial charge in [0, 0.05) is 0 Å². The van der Waals surface area contributed by atoms with Crippen LogP contribution in [-0.4, -0.2) is 19.1 Å². The maximum absolute atomic E-state index is 11.4. The highest BCUT2D eigenvalue weighted by molar-refractivity contribution is 6.33. The Kier molecular flexibility index (Phi) is 6.03. The molecule has 0 amide bonds. The Balaban J connectivity index is 2.48. The Morgan fingerprint density at radius 1 is 1.56 bits per heavy atom. The summed E-state index contributed by atoms with van der Waals surface area (Å²) in [6.45, 7) is 2.50. The van der Waals surface area contributed by atoms with Crippen LogP contribution in [0.4, 0.5) is 5.69 Å². The lowest BCUT2D eigenvalue weighted by Gasteiger charge is -2.08. The molecule has 0 saturated carbocycles. The lowest BCUT2D eigenvalue weighted by Crippen LogP contribution is -2.17. The normalized spacial score (nSPS) is 9.61. The van der Waals surface area contributed by atoms with Gasteiger partial charge in [-0.15, -0.1) is 0 Å². The largest absolute Gasteiger partial charge is 0.464 e. The number of anilines is 1. The minimum absolute atomic E-state index is 0.0400. The van der Waals surface area contributed by atoms with E-state index in [0.29, 0.717) is 22.9 Å². The molecule has 18 heavy (non-hydrogen) atoms. The third-order valence-corrected chi connectivity index (χ3v) is 2.61. The number of nitrogens with one attached hydrogen (secondary N) is 1. The molecule has 0 radical (unpaired) electrons. The Morgan fingerprint density at radius 3 is 3.00 bits per heavy atom. The molecule has 5 heteroatoms. The van der Waals surface area contributed by atoms with Gasteiger partial charge in [0.25, 0.3) is 0 Å². The van der Waals surface area contributed by atoms with Crippen LogP contribution in [0, 0.1) is 11.3 Å². The summed E-state index contributed by atoms with van der Waals surface area (Å²) in [6.07, 6.45) is 1.84. The zero-order valence-electron chi connectivity index (χ0n) is 10.2. The van der Waals surface area contributed by atoms with Crippen molar-refractivity contribution in [2.75, 3.05) is 18.5 Å². The fourth-order valence-corrected chi connectivity index (χ4v) is 1.46. The smallest absolute Gasteiger partial charge is 0.325 e. The van der Waals surface area contributed by atoms with E-state index >= 15 is 0 Å². The number of carbonyl (C=O) groups excluding carboxylic acids is 1. The Morgan fingerprint density at radius 2 is 2.33 bits per heavy atom. The summed E-state index contributed by atoms with van der Waals surface area (Å²) in [6, 6.07) is 6.84. The summed E-state index contributed by atoms with van der Waals surface area (Å²) in [4.78, 5) is 11.4. The summed E-state index contributed by atoms with van der Waals surface area (Å²) in [5.74, 6) is -0.332. The van der Waals surface area contributed by atoms with Crippen molar-refractivity contribution >= 4 is 23.3 Å². The van der Waals surface area contributed by atoms with E-state index in [0.717, 1.165) is 12.8 Å². The first-order valence-electron chi connectivity index (χ1n) is 5.76. The second kappa shape index (κ2) is 7.57. The fourth-order valence-electron chi connectivity index (χ4n) is 1.28. The molecule has 0 spiro atoms. The fraction of sp³-hybridized carbons (Fsp3) is 0.385. The van der Waals surface area contributed by atoms with Crippen LogP contribution in [0.25, 0.3) is 0 Å². The predicted octanol–water partition coefficient (Wildman–Crippen LogP) is 2.97. The molecule has 0 bridgehead atoms. The lowest BCUT2D eigenvalue weighted by molar-refractivity contribution is -0.141. The zero-order chi connectivity index (χ0) is 13.4. The molecule has 1 rings (SSSR count). The number of nitriles is 1. The molecule has 1 aromatic carbocycles. The number of unbranched alkanes of at least 4 members (excludes halogenated alkanes) is 1. The van der Waals surface area contributed by atoms with Gasteiger partial charge in [-0.05, 0) is 24.6 Å². The van der Waals surface area contributed by atoms with E-state index in [1.807, 2.05) is 13.0 Å². The van der Waals surface area contributed by atoms with Crippen molar-refractivity contribution in [3.63, 3.8) is 0 Å². The van der Waals surface area contributed by atoms with Crippen molar-refractivity contribution in [3.8, 4) is 6.07 Å². The molecule has 0 aliphatic rings. The molecule has 4 nitrogen and oxygen atoms in total. The maximum atomic E-state index is 11.4. The molecular weight excluding hydrogens is 252 g/mol. The van der Waals surface area contributed by atoms with Crippen molar-refractivity contribution < 1.29 is 9.53 Å². The van der Waals surface area contributed by atoms with E-state index in [-0.39, 0.29) is 12.5 Å². The number of ether oxygens (including phenoxy) is 1. The van der Waals surface area contributed by atoms with Gasteiger partial charge in [-0.2, -0.15) is 5.26 Å². The highest BCUT2D eigenvalue weighted by atomic mass is 35.5. The maximum Gasteiger partial charge on any atom is 0.325 e. The Hall–Kier alpha value is -1.73. The highest BCUT2D eigenvalue weighted by Crippen LogP contribution is 2.22. The summed E-state index contributed by atoms with van der Waals surface area (Å²) in [5, 5.41) is 12.1. The first-order valence-corrected chi connectivity index (χ1v) is 6.14. The van der Waals surface area contributed by atoms with Gasteiger partial charge in [0.2, 0.25) is 0 Å². The van der Waals surface area contributed by atoms with E-state index in [1.54, 1.807) is 18.2 Å². The third-order valence-electron chi connectivity index (χ3n) is 2.28. The average Bonchev–Trinajstić information content (AvgIpc) is 2.38. The van der Waals surface area contributed by atoms with Crippen LogP contribution in [0.2, 0.25) is 5.02 Å². The van der Waals surface area contributed by atoms with Crippen molar-refractivity contribution in [2.24, 2.45) is 0 Å². The van der Waals surface area contributed by atoms with Crippen LogP contribution in [-0.2, 0) is 9.53 Å². The van der Waals surface area contributed by atoms with Gasteiger partial charge >= 0.3 is 5.97 Å². The number of carbonyl (C=O) groups is 1. The number of esters is 1. The van der Waals surface area contributed by atoms with Gasteiger partial charge in [0.15, 0.2) is 0 Å². The SMILES string of the molecule is CCCCOC(=O)CNc1cc(C#N)ccc1Cl. The topological polar surface area (TPSA) is 62.1 Å². The standard InChI is InChI=1S/C13H15ClN2O2/c1-2-3-6-18-13(17)9-16-12-7-10(8-15)4-5-11(12)14/h4-5,7,16H,2-3,6,9H2,1H3. The van der Waals surface area contributed by atoms with E-state index < -0.39 is 0 Å². The lowest BCUT2D eigenvalue weighted by atomic mass is 10.2. The van der Waals surface area contributed by atoms with Crippen LogP contribution in [0.15, 0.2) is 18.2 Å². The van der Waals surface area contributed by atoms with Crippen LogP contribution < -0.4 is 5.32 Å². The quantitative estimate of drug-likeness (QED) is 0.635. The van der Waals surface area contributed by atoms with Crippen molar-refractivity contribution in [3.05, 3.63) is 28.8 Å². The second-order valence-corrected chi connectivity index (χ2v) is 4.14. The minimum atomic E-state index is -0.332. The van der Waals surface area contributed by atoms with Gasteiger partial charge in [-0.25, -0.2) is 0 Å². The average molecular weight is 267 g/mol. The summed E-state index contributed by atoms with van der Waals surface area (Å²) >= 11 is 5.94. The minimum Gasteiger partial charge on any atom is -0.464 e. The highest BCUT2D eigenvalue weighted by Gasteiger charge is 2.05. The molecule has 0 heterocycles. The van der Waals surface area contributed by atoms with Gasteiger partial charge in [-0.3, -0.25) is 4.79 Å². The number of hydrogen-bond donors (Lipinski definition) is 1. The third kappa shape index (κ3) is 4.64. The number of nitrogens with zero attached hydrogens (tertiary/aromatic N) is 1. The molecular formula is C13H15ClN2O2. The number of hydrogen-bond acceptors (Lipinski definition) is 4. The molecule has 96 valence electrons. The predicted molar refractivity (Wildman–Crippen MR) is 70.5 cm³/mol. The van der Waals surface area contributed by atoms with E-state index in [2.05, 4.69) is 5.32 Å². The zero-order valence-corrected chi connectivity index (χ0v) is 11.0. The molecule has 0 atom stereocenters. The first kappa shape index (κ1) is 14.3. The molecule has 1 N–H and O–H groups in total. The Bertz CT molecular complexity index is 455. The molecule has 0 saturated heterocycles. The van der Waals surface area contributed by atoms with Crippen LogP contribution in [0.5, 0.6) is 0 Å². The van der Waals surface area contributed by atoms with E-state index in [4.69, 9.17) is 21.6 Å². The van der Waals surface area contributed by atoms with Gasteiger partial charge < -0.3 is 10.1 Å². The molecule has 0 aromatic heterocycles.